The van der Waals surface area contributed by atoms with Crippen LogP contribution in [0, 0.1) is 0 Å². The molecule has 3 atom stereocenters. The third-order valence-corrected chi connectivity index (χ3v) is 1.30. The predicted molar refractivity (Wildman–Crippen MR) is 69.4 cm³/mol. The van der Waals surface area contributed by atoms with Crippen molar-refractivity contribution in [1.82, 2.24) is 0 Å². The Labute approximate surface area is 165 Å². The van der Waals surface area contributed by atoms with Gasteiger partial charge in [-0.2, -0.15) is 0 Å². The van der Waals surface area contributed by atoms with Gasteiger partial charge in [0.25, 0.3) is 0 Å². The van der Waals surface area contributed by atoms with Crippen molar-refractivity contribution in [1.29, 1.82) is 0 Å². The maximum atomic E-state index is 9.77. The van der Waals surface area contributed by atoms with E-state index in [0.717, 1.165) is 34.7 Å². The molecule has 3 unspecified atom stereocenters. The van der Waals surface area contributed by atoms with Gasteiger partial charge in [0, 0.05) is 0 Å². The molecule has 0 aromatic heterocycles. The summed E-state index contributed by atoms with van der Waals surface area (Å²) in [6, 6.07) is 0. The molecule has 0 bridgehead atoms. The number of hydrogen-bond acceptors (Lipinski definition) is 10. The van der Waals surface area contributed by atoms with Gasteiger partial charge < -0.3 is 40.9 Å². The Kier molecular flexibility index (Phi) is 43.0. The standard InChI is InChI=1S/C4H6O6.C3H6O3.C2H4O3.CH4.2O.2V/c5-1(3(7)8)2(6)4(9)10;1-2(4)3(5)6;3-1-2(4)5;;;;;/h1-2,5-6H,(H,7,8)(H,9,10);2,4H,1H3,(H,5,6);3H,1H2,(H,4,5);1H4;;;;. The van der Waals surface area contributed by atoms with E-state index in [1.165, 1.54) is 6.92 Å². The van der Waals surface area contributed by atoms with E-state index < -0.39 is 48.8 Å². The minimum absolute atomic E-state index is 0. The van der Waals surface area contributed by atoms with Crippen molar-refractivity contribution in [3.8, 4) is 0 Å². The van der Waals surface area contributed by atoms with Crippen LogP contribution in [0.5, 0.6) is 0 Å². The first-order valence-corrected chi connectivity index (χ1v) is 6.44. The zero-order valence-corrected chi connectivity index (χ0v) is 15.2. The third kappa shape index (κ3) is 38.2. The van der Waals surface area contributed by atoms with Gasteiger partial charge in [-0.15, -0.1) is 0 Å². The Morgan fingerprint density at radius 1 is 0.731 bits per heavy atom. The SMILES string of the molecule is C.CC(O)C(=O)O.O=C(O)C(O)C(O)C(=O)O.O=C(O)CO.[O]=[V].[O]=[V]. The van der Waals surface area contributed by atoms with Crippen LogP contribution >= 0.6 is 0 Å². The monoisotopic (exact) mass is 466 g/mol. The van der Waals surface area contributed by atoms with Crippen LogP contribution in [0.15, 0.2) is 0 Å². The Balaban J connectivity index is -0.0000000543. The van der Waals surface area contributed by atoms with Crippen molar-refractivity contribution in [2.45, 2.75) is 32.7 Å². The van der Waals surface area contributed by atoms with Crippen LogP contribution in [0.3, 0.4) is 0 Å². The molecule has 0 heterocycles. The second-order valence-electron chi connectivity index (χ2n) is 3.13. The predicted octanol–water partition coefficient (Wildman–Crippen LogP) is -3.21. The second kappa shape index (κ2) is 28.3. The topological polar surface area (TPSA) is 264 Å². The van der Waals surface area contributed by atoms with Crippen molar-refractivity contribution in [3.05, 3.63) is 0 Å². The maximum absolute atomic E-state index is 9.77. The molecule has 0 fully saturated rings. The van der Waals surface area contributed by atoms with Crippen molar-refractivity contribution < 1.29 is 102 Å². The van der Waals surface area contributed by atoms with Gasteiger partial charge in [0.15, 0.2) is 12.2 Å². The first kappa shape index (κ1) is 39.5. The summed E-state index contributed by atoms with van der Waals surface area (Å²) in [5.74, 6) is -5.91. The number of aliphatic hydroxyl groups excluding tert-OH is 4. The molecule has 8 N–H and O–H groups in total. The van der Waals surface area contributed by atoms with Gasteiger partial charge >= 0.3 is 66.0 Å². The first-order valence-electron chi connectivity index (χ1n) is 5.30. The van der Waals surface area contributed by atoms with Gasteiger partial charge in [0.1, 0.15) is 12.7 Å². The van der Waals surface area contributed by atoms with Crippen LogP contribution in [0.2, 0.25) is 0 Å². The van der Waals surface area contributed by atoms with Crippen LogP contribution in [-0.2, 0) is 61.3 Å². The second-order valence-corrected chi connectivity index (χ2v) is 3.13. The van der Waals surface area contributed by atoms with E-state index in [1.54, 1.807) is 0 Å². The number of carboxylic acid groups (broad SMARTS) is 4. The van der Waals surface area contributed by atoms with E-state index in [0.29, 0.717) is 0 Å². The van der Waals surface area contributed by atoms with E-state index in [9.17, 15) is 14.4 Å². The molecule has 0 aromatic rings. The van der Waals surface area contributed by atoms with Gasteiger partial charge in [0.2, 0.25) is 0 Å². The molecule has 16 heteroatoms. The summed E-state index contributed by atoms with van der Waals surface area (Å²) in [4.78, 5) is 38.1. The Morgan fingerprint density at radius 3 is 0.923 bits per heavy atom. The van der Waals surface area contributed by atoms with E-state index in [2.05, 4.69) is 0 Å². The zero-order valence-electron chi connectivity index (χ0n) is 12.4. The van der Waals surface area contributed by atoms with Crippen LogP contribution < -0.4 is 0 Å². The van der Waals surface area contributed by atoms with Gasteiger partial charge in [-0.1, -0.05) is 7.43 Å². The van der Waals surface area contributed by atoms with Crippen LogP contribution in [0.25, 0.3) is 0 Å². The molecule has 0 aromatic carbocycles. The molecule has 0 amide bonds. The Bertz CT molecular complexity index is 368. The zero-order chi connectivity index (χ0) is 21.7. The van der Waals surface area contributed by atoms with E-state index in [4.69, 9.17) is 53.0 Å². The molecule has 0 aliphatic rings. The number of rotatable bonds is 5. The van der Waals surface area contributed by atoms with E-state index >= 15 is 0 Å². The molecule has 154 valence electrons. The van der Waals surface area contributed by atoms with Crippen molar-refractivity contribution in [2.75, 3.05) is 6.61 Å². The van der Waals surface area contributed by atoms with Crippen molar-refractivity contribution in [2.24, 2.45) is 0 Å². The molecule has 26 heavy (non-hydrogen) atoms. The summed E-state index contributed by atoms with van der Waals surface area (Å²) >= 11 is 2.12. The molecule has 0 rings (SSSR count). The van der Waals surface area contributed by atoms with Gasteiger partial charge in [-0.05, 0) is 6.92 Å². The molecule has 0 saturated carbocycles. The fourth-order valence-corrected chi connectivity index (χ4v) is 0.270. The quantitative estimate of drug-likeness (QED) is 0.198. The Morgan fingerprint density at radius 2 is 0.885 bits per heavy atom. The number of aliphatic hydroxyl groups is 4. The number of hydrogen-bond donors (Lipinski definition) is 8. The van der Waals surface area contributed by atoms with Crippen LogP contribution in [-0.4, -0.2) is 89.6 Å². The fraction of sp³-hybridized carbons (Fsp3) is 0.600. The summed E-state index contributed by atoms with van der Waals surface area (Å²) < 4.78 is 16.4. The third-order valence-electron chi connectivity index (χ3n) is 1.30. The molecule has 14 nitrogen and oxygen atoms in total. The minimum atomic E-state index is -2.27. The average Bonchev–Trinajstić information content (AvgIpc) is 2.57. The molecule has 0 radical (unpaired) electrons. The summed E-state index contributed by atoms with van der Waals surface area (Å²) in [5.41, 5.74) is 0. The number of carboxylic acids is 4. The van der Waals surface area contributed by atoms with Crippen LogP contribution in [0.1, 0.15) is 14.4 Å². The average molecular weight is 466 g/mol. The Hall–Kier alpha value is -1.51. The molecular weight excluding hydrogens is 446 g/mol. The molecule has 0 saturated heterocycles. The van der Waals surface area contributed by atoms with Gasteiger partial charge in [-0.3, -0.25) is 0 Å². The molecular formula is C10H20O14V2. The summed E-state index contributed by atoms with van der Waals surface area (Å²) in [7, 11) is 0. The van der Waals surface area contributed by atoms with E-state index in [1.807, 2.05) is 0 Å². The normalized spacial score (nSPS) is 10.9. The number of aliphatic carboxylic acids is 4. The molecule has 0 aliphatic carbocycles. The summed E-state index contributed by atoms with van der Waals surface area (Å²) in [6.07, 6.45) is -5.76. The van der Waals surface area contributed by atoms with E-state index in [-0.39, 0.29) is 7.43 Å². The number of carbonyl (C=O) groups is 4. The fourth-order valence-electron chi connectivity index (χ4n) is 0.270. The van der Waals surface area contributed by atoms with Gasteiger partial charge in [0.05, 0.1) is 0 Å². The summed E-state index contributed by atoms with van der Waals surface area (Å²) in [6.45, 7) is 0.419. The van der Waals surface area contributed by atoms with Gasteiger partial charge in [-0.25, -0.2) is 19.2 Å². The summed E-state index contributed by atoms with van der Waals surface area (Å²) in [5, 5.41) is 63.3. The molecule has 0 aliphatic heterocycles. The van der Waals surface area contributed by atoms with Crippen LogP contribution in [0.4, 0.5) is 0 Å². The first-order chi connectivity index (χ1) is 11.4. The molecule has 0 spiro atoms. The van der Waals surface area contributed by atoms with Crippen molar-refractivity contribution in [3.63, 3.8) is 0 Å². The van der Waals surface area contributed by atoms with Crippen molar-refractivity contribution >= 4 is 23.9 Å².